The Morgan fingerprint density at radius 1 is 1.03 bits per heavy atom. The van der Waals surface area contributed by atoms with Gasteiger partial charge in [0.25, 0.3) is 0 Å². The van der Waals surface area contributed by atoms with Crippen LogP contribution in [0, 0.1) is 5.92 Å². The van der Waals surface area contributed by atoms with Crippen LogP contribution in [0.4, 0.5) is 4.79 Å². The predicted octanol–water partition coefficient (Wildman–Crippen LogP) is 4.14. The van der Waals surface area contributed by atoms with Crippen LogP contribution >= 0.6 is 0 Å². The quantitative estimate of drug-likeness (QED) is 0.777. The van der Waals surface area contributed by atoms with Gasteiger partial charge in [-0.25, -0.2) is 4.79 Å². The van der Waals surface area contributed by atoms with E-state index in [0.29, 0.717) is 32.7 Å². The van der Waals surface area contributed by atoms with Gasteiger partial charge in [-0.1, -0.05) is 42.5 Å². The van der Waals surface area contributed by atoms with Gasteiger partial charge in [-0.2, -0.15) is 0 Å². The largest absolute Gasteiger partial charge is 0.489 e. The fourth-order valence-electron chi connectivity index (χ4n) is 3.24. The molecule has 1 fully saturated rings. The SMILES string of the molecule is CC(C)(C)OC(=O)N1CCC(C(=O)NCc2ccc(OCc3ccccc3)cc2)C1. The number of hydrogen-bond acceptors (Lipinski definition) is 4. The molecule has 3 rings (SSSR count). The third kappa shape index (κ3) is 6.51. The molecule has 1 aliphatic rings. The van der Waals surface area contributed by atoms with E-state index in [1.54, 1.807) is 4.90 Å². The van der Waals surface area contributed by atoms with Crippen molar-refractivity contribution in [3.63, 3.8) is 0 Å². The summed E-state index contributed by atoms with van der Waals surface area (Å²) < 4.78 is 11.2. The third-order valence-corrected chi connectivity index (χ3v) is 4.85. The van der Waals surface area contributed by atoms with E-state index < -0.39 is 5.60 Å². The zero-order chi connectivity index (χ0) is 21.6. The van der Waals surface area contributed by atoms with Crippen LogP contribution in [0.5, 0.6) is 5.75 Å². The lowest BCUT2D eigenvalue weighted by atomic mass is 10.1. The summed E-state index contributed by atoms with van der Waals surface area (Å²) in [6.07, 6.45) is 0.293. The molecule has 0 spiro atoms. The number of ether oxygens (including phenoxy) is 2. The molecule has 2 aromatic rings. The summed E-state index contributed by atoms with van der Waals surface area (Å²) in [6, 6.07) is 17.7. The maximum absolute atomic E-state index is 12.5. The van der Waals surface area contributed by atoms with Crippen molar-refractivity contribution >= 4 is 12.0 Å². The number of carbonyl (C=O) groups excluding carboxylic acids is 2. The molecule has 1 N–H and O–H groups in total. The molecule has 2 amide bonds. The van der Waals surface area contributed by atoms with E-state index in [0.717, 1.165) is 16.9 Å². The number of rotatable bonds is 6. The second kappa shape index (κ2) is 9.65. The second-order valence-electron chi connectivity index (χ2n) is 8.55. The number of amides is 2. The van der Waals surface area contributed by atoms with Gasteiger partial charge in [-0.05, 0) is 50.5 Å². The average molecular weight is 411 g/mol. The minimum Gasteiger partial charge on any atom is -0.489 e. The van der Waals surface area contributed by atoms with Crippen LogP contribution in [-0.4, -0.2) is 35.6 Å². The van der Waals surface area contributed by atoms with Crippen LogP contribution in [0.25, 0.3) is 0 Å². The lowest BCUT2D eigenvalue weighted by Gasteiger charge is -2.24. The highest BCUT2D eigenvalue weighted by molar-refractivity contribution is 5.80. The number of nitrogens with zero attached hydrogens (tertiary/aromatic N) is 1. The van der Waals surface area contributed by atoms with Crippen molar-refractivity contribution < 1.29 is 19.1 Å². The van der Waals surface area contributed by atoms with Gasteiger partial charge in [0.1, 0.15) is 18.0 Å². The van der Waals surface area contributed by atoms with Crippen molar-refractivity contribution in [2.24, 2.45) is 5.92 Å². The Bertz CT molecular complexity index is 844. The molecule has 2 aromatic carbocycles. The molecule has 0 bridgehead atoms. The summed E-state index contributed by atoms with van der Waals surface area (Å²) in [4.78, 5) is 26.2. The van der Waals surface area contributed by atoms with Crippen LogP contribution in [-0.2, 0) is 22.7 Å². The molecule has 1 unspecified atom stereocenters. The first kappa shape index (κ1) is 21.7. The second-order valence-corrected chi connectivity index (χ2v) is 8.55. The molecule has 6 heteroatoms. The van der Waals surface area contributed by atoms with E-state index in [-0.39, 0.29) is 17.9 Å². The zero-order valence-corrected chi connectivity index (χ0v) is 17.9. The summed E-state index contributed by atoms with van der Waals surface area (Å²) in [7, 11) is 0. The predicted molar refractivity (Wildman–Crippen MR) is 115 cm³/mol. The van der Waals surface area contributed by atoms with Crippen molar-refractivity contribution in [1.82, 2.24) is 10.2 Å². The Balaban J connectivity index is 1.42. The molecule has 6 nitrogen and oxygen atoms in total. The molecule has 0 saturated carbocycles. The monoisotopic (exact) mass is 410 g/mol. The van der Waals surface area contributed by atoms with E-state index in [4.69, 9.17) is 9.47 Å². The van der Waals surface area contributed by atoms with Gasteiger partial charge in [0.2, 0.25) is 5.91 Å². The number of likely N-dealkylation sites (tertiary alicyclic amines) is 1. The van der Waals surface area contributed by atoms with Gasteiger partial charge in [0.15, 0.2) is 0 Å². The third-order valence-electron chi connectivity index (χ3n) is 4.85. The van der Waals surface area contributed by atoms with E-state index in [1.165, 1.54) is 0 Å². The lowest BCUT2D eigenvalue weighted by Crippen LogP contribution is -2.37. The summed E-state index contributed by atoms with van der Waals surface area (Å²) in [6.45, 7) is 7.41. The van der Waals surface area contributed by atoms with Crippen molar-refractivity contribution in [2.75, 3.05) is 13.1 Å². The van der Waals surface area contributed by atoms with Crippen molar-refractivity contribution in [1.29, 1.82) is 0 Å². The summed E-state index contributed by atoms with van der Waals surface area (Å²) in [5.41, 5.74) is 1.58. The number of benzene rings is 2. The fraction of sp³-hybridized carbons (Fsp3) is 0.417. The normalized spacial score (nSPS) is 16.2. The van der Waals surface area contributed by atoms with Crippen molar-refractivity contribution in [2.45, 2.75) is 45.9 Å². The van der Waals surface area contributed by atoms with Crippen molar-refractivity contribution in [3.05, 3.63) is 65.7 Å². The van der Waals surface area contributed by atoms with Crippen LogP contribution < -0.4 is 10.1 Å². The number of carbonyl (C=O) groups is 2. The van der Waals surface area contributed by atoms with E-state index in [9.17, 15) is 9.59 Å². The standard InChI is InChI=1S/C24H30N2O4/c1-24(2,3)30-23(28)26-14-13-20(16-26)22(27)25-15-18-9-11-21(12-10-18)29-17-19-7-5-4-6-8-19/h4-12,20H,13-17H2,1-3H3,(H,25,27). The highest BCUT2D eigenvalue weighted by Crippen LogP contribution is 2.20. The van der Waals surface area contributed by atoms with Gasteiger partial charge in [0.05, 0.1) is 5.92 Å². The summed E-state index contributed by atoms with van der Waals surface area (Å²) in [5, 5.41) is 2.97. The Kier molecular flexibility index (Phi) is 6.98. The molecule has 1 aliphatic heterocycles. The molecule has 160 valence electrons. The first-order valence-corrected chi connectivity index (χ1v) is 10.3. The average Bonchev–Trinajstić information content (AvgIpc) is 3.21. The Morgan fingerprint density at radius 2 is 1.73 bits per heavy atom. The van der Waals surface area contributed by atoms with E-state index in [2.05, 4.69) is 5.32 Å². The molecule has 0 aromatic heterocycles. The van der Waals surface area contributed by atoms with Gasteiger partial charge in [0, 0.05) is 19.6 Å². The molecule has 1 atom stereocenters. The highest BCUT2D eigenvalue weighted by Gasteiger charge is 2.33. The molecule has 0 aliphatic carbocycles. The molecule has 0 radical (unpaired) electrons. The lowest BCUT2D eigenvalue weighted by molar-refractivity contribution is -0.124. The first-order valence-electron chi connectivity index (χ1n) is 10.3. The van der Waals surface area contributed by atoms with Crippen LogP contribution in [0.2, 0.25) is 0 Å². The minimum atomic E-state index is -0.533. The maximum atomic E-state index is 12.5. The van der Waals surface area contributed by atoms with Gasteiger partial charge in [-0.15, -0.1) is 0 Å². The van der Waals surface area contributed by atoms with E-state index >= 15 is 0 Å². The van der Waals surface area contributed by atoms with Gasteiger partial charge < -0.3 is 19.7 Å². The molecule has 1 saturated heterocycles. The Morgan fingerprint density at radius 3 is 2.40 bits per heavy atom. The first-order chi connectivity index (χ1) is 14.3. The van der Waals surface area contributed by atoms with E-state index in [1.807, 2.05) is 75.4 Å². The number of nitrogens with one attached hydrogen (secondary N) is 1. The molecule has 30 heavy (non-hydrogen) atoms. The van der Waals surface area contributed by atoms with Crippen molar-refractivity contribution in [3.8, 4) is 5.75 Å². The smallest absolute Gasteiger partial charge is 0.410 e. The minimum absolute atomic E-state index is 0.0366. The van der Waals surface area contributed by atoms with Crippen LogP contribution in [0.3, 0.4) is 0 Å². The molecular weight excluding hydrogens is 380 g/mol. The summed E-state index contributed by atoms with van der Waals surface area (Å²) in [5.74, 6) is 0.550. The highest BCUT2D eigenvalue weighted by atomic mass is 16.6. The number of hydrogen-bond donors (Lipinski definition) is 1. The Labute approximate surface area is 178 Å². The summed E-state index contributed by atoms with van der Waals surface area (Å²) >= 11 is 0. The fourth-order valence-corrected chi connectivity index (χ4v) is 3.24. The topological polar surface area (TPSA) is 67.9 Å². The van der Waals surface area contributed by atoms with Gasteiger partial charge in [-0.3, -0.25) is 4.79 Å². The van der Waals surface area contributed by atoms with Gasteiger partial charge >= 0.3 is 6.09 Å². The van der Waals surface area contributed by atoms with Crippen LogP contribution in [0.1, 0.15) is 38.3 Å². The molecule has 1 heterocycles. The zero-order valence-electron chi connectivity index (χ0n) is 17.9. The maximum Gasteiger partial charge on any atom is 0.410 e. The Hall–Kier alpha value is -3.02. The van der Waals surface area contributed by atoms with Crippen LogP contribution in [0.15, 0.2) is 54.6 Å². The molecular formula is C24H30N2O4.